The third-order valence-corrected chi connectivity index (χ3v) is 4.52. The van der Waals surface area contributed by atoms with Gasteiger partial charge in [-0.15, -0.1) is 0 Å². The van der Waals surface area contributed by atoms with Gasteiger partial charge in [-0.1, -0.05) is 30.3 Å². The van der Waals surface area contributed by atoms with Gasteiger partial charge in [0.25, 0.3) is 11.8 Å². The average Bonchev–Trinajstić information content (AvgIpc) is 2.71. The van der Waals surface area contributed by atoms with Crippen molar-refractivity contribution < 1.29 is 23.1 Å². The van der Waals surface area contributed by atoms with Gasteiger partial charge in [0.05, 0.1) is 17.8 Å². The van der Waals surface area contributed by atoms with Crippen molar-refractivity contribution in [3.63, 3.8) is 0 Å². The fourth-order valence-corrected chi connectivity index (χ4v) is 3.09. The van der Waals surface area contributed by atoms with Crippen LogP contribution in [0.5, 0.6) is 5.75 Å². The minimum absolute atomic E-state index is 0.0771. The quantitative estimate of drug-likeness (QED) is 0.724. The molecule has 0 aromatic heterocycles. The Labute approximate surface area is 165 Å². The van der Waals surface area contributed by atoms with Gasteiger partial charge in [0.1, 0.15) is 17.4 Å². The Morgan fingerprint density at radius 1 is 1.03 bits per heavy atom. The number of hydrogen-bond donors (Lipinski definition) is 1. The number of nitrogens with one attached hydrogen (secondary N) is 1. The summed E-state index contributed by atoms with van der Waals surface area (Å²) in [6.07, 6.45) is 0. The Bertz CT molecular complexity index is 1090. The molecule has 0 saturated heterocycles. The normalized spacial score (nSPS) is 12.9. The molecule has 0 saturated carbocycles. The molecule has 1 heterocycles. The van der Waals surface area contributed by atoms with Crippen molar-refractivity contribution in [3.8, 4) is 5.75 Å². The van der Waals surface area contributed by atoms with Gasteiger partial charge < -0.3 is 15.0 Å². The van der Waals surface area contributed by atoms with Crippen LogP contribution >= 0.6 is 0 Å². The zero-order valence-electron chi connectivity index (χ0n) is 15.2. The van der Waals surface area contributed by atoms with Gasteiger partial charge in [0.15, 0.2) is 6.61 Å². The van der Waals surface area contributed by atoms with E-state index in [1.165, 1.54) is 0 Å². The number of halogens is 2. The highest BCUT2D eigenvalue weighted by Gasteiger charge is 2.26. The lowest BCUT2D eigenvalue weighted by Gasteiger charge is -2.30. The average molecular weight is 394 g/mol. The molecule has 7 heteroatoms. The van der Waals surface area contributed by atoms with Crippen molar-refractivity contribution in [2.75, 3.05) is 16.8 Å². The maximum atomic E-state index is 13.9. The smallest absolute Gasteiger partial charge is 0.265 e. The molecular weight excluding hydrogens is 378 g/mol. The third-order valence-electron chi connectivity index (χ3n) is 4.52. The summed E-state index contributed by atoms with van der Waals surface area (Å²) in [6, 6.07) is 17.0. The van der Waals surface area contributed by atoms with Gasteiger partial charge in [-0.25, -0.2) is 8.78 Å². The van der Waals surface area contributed by atoms with E-state index in [4.69, 9.17) is 4.74 Å². The molecule has 146 valence electrons. The van der Waals surface area contributed by atoms with Crippen molar-refractivity contribution in [2.24, 2.45) is 0 Å². The van der Waals surface area contributed by atoms with Crippen LogP contribution < -0.4 is 15.0 Å². The number of benzene rings is 3. The number of carbonyl (C=O) groups excluding carboxylic acids is 2. The summed E-state index contributed by atoms with van der Waals surface area (Å²) in [4.78, 5) is 26.4. The van der Waals surface area contributed by atoms with E-state index < -0.39 is 17.5 Å². The predicted molar refractivity (Wildman–Crippen MR) is 104 cm³/mol. The molecule has 3 aromatic rings. The van der Waals surface area contributed by atoms with E-state index in [0.717, 1.165) is 17.7 Å². The van der Waals surface area contributed by atoms with Crippen molar-refractivity contribution >= 4 is 23.2 Å². The van der Waals surface area contributed by atoms with Gasteiger partial charge in [-0.05, 0) is 35.9 Å². The Kier molecular flexibility index (Phi) is 4.95. The summed E-state index contributed by atoms with van der Waals surface area (Å²) in [5, 5.41) is 2.57. The lowest BCUT2D eigenvalue weighted by atomic mass is 10.1. The number of rotatable bonds is 4. The minimum atomic E-state index is -0.954. The number of hydrogen-bond acceptors (Lipinski definition) is 3. The molecule has 1 N–H and O–H groups in total. The van der Waals surface area contributed by atoms with E-state index >= 15 is 0 Å². The van der Waals surface area contributed by atoms with Crippen molar-refractivity contribution in [2.45, 2.75) is 6.54 Å². The molecule has 5 nitrogen and oxygen atoms in total. The second kappa shape index (κ2) is 7.71. The van der Waals surface area contributed by atoms with E-state index in [9.17, 15) is 18.4 Å². The van der Waals surface area contributed by atoms with Crippen molar-refractivity contribution in [1.29, 1.82) is 0 Å². The first kappa shape index (κ1) is 18.6. The monoisotopic (exact) mass is 394 g/mol. The van der Waals surface area contributed by atoms with E-state index in [1.54, 1.807) is 23.1 Å². The highest BCUT2D eigenvalue weighted by atomic mass is 19.1. The summed E-state index contributed by atoms with van der Waals surface area (Å²) >= 11 is 0. The summed E-state index contributed by atoms with van der Waals surface area (Å²) in [6.45, 7) is 0.270. The first-order chi connectivity index (χ1) is 14.0. The Morgan fingerprint density at radius 2 is 1.83 bits per heavy atom. The Morgan fingerprint density at radius 3 is 2.59 bits per heavy atom. The second-order valence-electron chi connectivity index (χ2n) is 6.51. The van der Waals surface area contributed by atoms with Crippen molar-refractivity contribution in [3.05, 3.63) is 89.5 Å². The van der Waals surface area contributed by atoms with Gasteiger partial charge in [0.2, 0.25) is 0 Å². The number of carbonyl (C=O) groups is 2. The second-order valence-corrected chi connectivity index (χ2v) is 6.51. The van der Waals surface area contributed by atoms with E-state index in [0.29, 0.717) is 29.7 Å². The molecule has 1 aliphatic rings. The van der Waals surface area contributed by atoms with E-state index in [1.807, 2.05) is 30.3 Å². The maximum Gasteiger partial charge on any atom is 0.265 e. The Balaban J connectivity index is 1.61. The fraction of sp³-hybridized carbons (Fsp3) is 0.0909. The summed E-state index contributed by atoms with van der Waals surface area (Å²) in [5.74, 6) is -2.15. The molecule has 1 aliphatic heterocycles. The van der Waals surface area contributed by atoms with E-state index in [-0.39, 0.29) is 18.1 Å². The third kappa shape index (κ3) is 3.94. The van der Waals surface area contributed by atoms with Crippen LogP contribution in [0.15, 0.2) is 66.7 Å². The highest BCUT2D eigenvalue weighted by Crippen LogP contribution is 2.35. The fourth-order valence-electron chi connectivity index (χ4n) is 3.09. The van der Waals surface area contributed by atoms with E-state index in [2.05, 4.69) is 5.32 Å². The van der Waals surface area contributed by atoms with Crippen LogP contribution in [-0.2, 0) is 11.3 Å². The molecular formula is C22H16F2N2O3. The predicted octanol–water partition coefficient (Wildman–Crippen LogP) is 4.14. The largest absolute Gasteiger partial charge is 0.482 e. The standard InChI is InChI=1S/C22H16F2N2O3/c23-15-6-8-17(18(24)10-15)22(28)25-16-7-9-20-19(11-16)26(21(27)13-29-20)12-14-4-2-1-3-5-14/h1-11H,12-13H2,(H,25,28). The molecule has 2 amide bonds. The molecule has 0 radical (unpaired) electrons. The van der Waals surface area contributed by atoms with Gasteiger partial charge in [0, 0.05) is 11.8 Å². The Hall–Kier alpha value is -3.74. The first-order valence-corrected chi connectivity index (χ1v) is 8.89. The molecule has 3 aromatic carbocycles. The van der Waals surface area contributed by atoms with Crippen LogP contribution in [0.1, 0.15) is 15.9 Å². The van der Waals surface area contributed by atoms with Gasteiger partial charge >= 0.3 is 0 Å². The van der Waals surface area contributed by atoms with Gasteiger partial charge in [-0.3, -0.25) is 9.59 Å². The summed E-state index contributed by atoms with van der Waals surface area (Å²) in [7, 11) is 0. The summed E-state index contributed by atoms with van der Waals surface area (Å²) in [5.41, 5.74) is 1.52. The number of anilines is 2. The summed E-state index contributed by atoms with van der Waals surface area (Å²) < 4.78 is 32.4. The lowest BCUT2D eigenvalue weighted by molar-refractivity contribution is -0.121. The van der Waals surface area contributed by atoms with Crippen LogP contribution in [0.4, 0.5) is 20.2 Å². The topological polar surface area (TPSA) is 58.6 Å². The van der Waals surface area contributed by atoms with Crippen LogP contribution in [0.3, 0.4) is 0 Å². The molecule has 0 unspecified atom stereocenters. The zero-order valence-corrected chi connectivity index (χ0v) is 15.2. The number of nitrogens with zero attached hydrogens (tertiary/aromatic N) is 1. The molecule has 0 atom stereocenters. The molecule has 0 spiro atoms. The van der Waals surface area contributed by atoms with Crippen molar-refractivity contribution in [1.82, 2.24) is 0 Å². The number of amides is 2. The number of fused-ring (bicyclic) bond motifs is 1. The maximum absolute atomic E-state index is 13.9. The van der Waals surface area contributed by atoms with Crippen LogP contribution in [-0.4, -0.2) is 18.4 Å². The number of ether oxygens (including phenoxy) is 1. The van der Waals surface area contributed by atoms with Gasteiger partial charge in [-0.2, -0.15) is 0 Å². The molecule has 29 heavy (non-hydrogen) atoms. The highest BCUT2D eigenvalue weighted by molar-refractivity contribution is 6.05. The van der Waals surface area contributed by atoms with Crippen LogP contribution in [0, 0.1) is 11.6 Å². The SMILES string of the molecule is O=C(Nc1ccc2c(c1)N(Cc1ccccc1)C(=O)CO2)c1ccc(F)cc1F. The minimum Gasteiger partial charge on any atom is -0.482 e. The lowest BCUT2D eigenvalue weighted by Crippen LogP contribution is -2.38. The first-order valence-electron chi connectivity index (χ1n) is 8.89. The van der Waals surface area contributed by atoms with Crippen LogP contribution in [0.2, 0.25) is 0 Å². The zero-order chi connectivity index (χ0) is 20.4. The van der Waals surface area contributed by atoms with Crippen LogP contribution in [0.25, 0.3) is 0 Å². The molecule has 4 rings (SSSR count). The molecule has 0 fully saturated rings. The molecule has 0 aliphatic carbocycles. The molecule has 0 bridgehead atoms.